The zero-order chi connectivity index (χ0) is 15.2. The van der Waals surface area contributed by atoms with E-state index in [2.05, 4.69) is 23.7 Å². The summed E-state index contributed by atoms with van der Waals surface area (Å²) in [5.74, 6) is 1.85. The fourth-order valence-corrected chi connectivity index (χ4v) is 3.27. The van der Waals surface area contributed by atoms with Gasteiger partial charge in [0.05, 0.1) is 24.1 Å². The van der Waals surface area contributed by atoms with Gasteiger partial charge in [0.25, 0.3) is 0 Å². The quantitative estimate of drug-likeness (QED) is 0.830. The molecule has 0 aliphatic carbocycles. The van der Waals surface area contributed by atoms with Crippen LogP contribution in [-0.4, -0.2) is 19.8 Å². The van der Waals surface area contributed by atoms with E-state index >= 15 is 0 Å². The van der Waals surface area contributed by atoms with Crippen molar-refractivity contribution in [1.82, 2.24) is 5.32 Å². The number of benzene rings is 1. The molecular formula is C17H23NO2S. The molecule has 0 radical (unpaired) electrons. The van der Waals surface area contributed by atoms with Crippen molar-refractivity contribution in [3.05, 3.63) is 46.2 Å². The van der Waals surface area contributed by atoms with Gasteiger partial charge in [0, 0.05) is 5.56 Å². The highest BCUT2D eigenvalue weighted by Crippen LogP contribution is 2.38. The summed E-state index contributed by atoms with van der Waals surface area (Å²) in [7, 11) is 1.71. The van der Waals surface area contributed by atoms with Crippen LogP contribution in [0.3, 0.4) is 0 Å². The molecule has 0 saturated heterocycles. The van der Waals surface area contributed by atoms with Crippen molar-refractivity contribution in [3.8, 4) is 11.5 Å². The van der Waals surface area contributed by atoms with Crippen LogP contribution >= 0.6 is 11.3 Å². The Morgan fingerprint density at radius 1 is 1.14 bits per heavy atom. The second-order valence-electron chi connectivity index (χ2n) is 5.05. The Balaban J connectivity index is 2.43. The lowest BCUT2D eigenvalue weighted by Crippen LogP contribution is -2.22. The topological polar surface area (TPSA) is 30.5 Å². The minimum Gasteiger partial charge on any atom is -0.496 e. The first-order valence-corrected chi connectivity index (χ1v) is 8.15. The number of methoxy groups -OCH3 is 1. The number of hydrogen-bond donors (Lipinski definition) is 1. The molecule has 2 aromatic rings. The first-order valence-electron chi connectivity index (χ1n) is 7.27. The summed E-state index contributed by atoms with van der Waals surface area (Å²) < 4.78 is 11.5. The Morgan fingerprint density at radius 3 is 2.57 bits per heavy atom. The van der Waals surface area contributed by atoms with E-state index in [9.17, 15) is 0 Å². The lowest BCUT2D eigenvalue weighted by atomic mass is 10.0. The molecule has 0 aliphatic heterocycles. The van der Waals surface area contributed by atoms with E-state index in [0.29, 0.717) is 0 Å². The largest absolute Gasteiger partial charge is 0.496 e. The highest BCUT2D eigenvalue weighted by Gasteiger charge is 2.22. The lowest BCUT2D eigenvalue weighted by Gasteiger charge is -2.22. The van der Waals surface area contributed by atoms with E-state index in [1.807, 2.05) is 38.1 Å². The van der Waals surface area contributed by atoms with Gasteiger partial charge in [-0.1, -0.05) is 25.1 Å². The van der Waals surface area contributed by atoms with E-state index in [-0.39, 0.29) is 12.1 Å². The molecule has 1 heterocycles. The predicted octanol–water partition coefficient (Wildman–Crippen LogP) is 4.24. The Bertz CT molecular complexity index is 565. The number of rotatable bonds is 7. The highest BCUT2D eigenvalue weighted by molar-refractivity contribution is 7.10. The maximum Gasteiger partial charge on any atom is 0.134 e. The molecular weight excluding hydrogens is 282 g/mol. The van der Waals surface area contributed by atoms with Crippen molar-refractivity contribution < 1.29 is 9.47 Å². The Kier molecular flexibility index (Phi) is 5.65. The average molecular weight is 305 g/mol. The maximum atomic E-state index is 5.97. The molecule has 3 nitrogen and oxygen atoms in total. The molecule has 1 atom stereocenters. The molecule has 1 aromatic heterocycles. The molecule has 1 N–H and O–H groups in total. The molecule has 4 heteroatoms. The third-order valence-corrected chi connectivity index (χ3v) is 4.10. The average Bonchev–Trinajstić information content (AvgIpc) is 2.93. The van der Waals surface area contributed by atoms with Crippen LogP contribution in [0.25, 0.3) is 0 Å². The summed E-state index contributed by atoms with van der Waals surface area (Å²) in [5, 5.41) is 5.60. The van der Waals surface area contributed by atoms with E-state index < -0.39 is 0 Å². The summed E-state index contributed by atoms with van der Waals surface area (Å²) in [4.78, 5) is 1.18. The molecule has 0 fully saturated rings. The minimum absolute atomic E-state index is 0.0832. The molecule has 0 spiro atoms. The van der Waals surface area contributed by atoms with E-state index in [4.69, 9.17) is 9.47 Å². The minimum atomic E-state index is 0.0832. The van der Waals surface area contributed by atoms with Crippen LogP contribution in [-0.2, 0) is 0 Å². The predicted molar refractivity (Wildman–Crippen MR) is 88.6 cm³/mol. The SMILES string of the molecule is CCNC(c1ccccc1OC(C)C)c1sccc1OC. The van der Waals surface area contributed by atoms with Gasteiger partial charge < -0.3 is 14.8 Å². The van der Waals surface area contributed by atoms with Gasteiger partial charge in [0.1, 0.15) is 11.5 Å². The van der Waals surface area contributed by atoms with Crippen LogP contribution in [0.4, 0.5) is 0 Å². The van der Waals surface area contributed by atoms with Crippen LogP contribution in [0, 0.1) is 0 Å². The molecule has 0 bridgehead atoms. The molecule has 2 rings (SSSR count). The Morgan fingerprint density at radius 2 is 1.90 bits per heavy atom. The highest BCUT2D eigenvalue weighted by atomic mass is 32.1. The van der Waals surface area contributed by atoms with Crippen LogP contribution in [0.5, 0.6) is 11.5 Å². The van der Waals surface area contributed by atoms with Gasteiger partial charge in [-0.2, -0.15) is 0 Å². The lowest BCUT2D eigenvalue weighted by molar-refractivity contribution is 0.238. The van der Waals surface area contributed by atoms with Crippen LogP contribution in [0.1, 0.15) is 37.3 Å². The van der Waals surface area contributed by atoms with Gasteiger partial charge in [0.2, 0.25) is 0 Å². The molecule has 114 valence electrons. The molecule has 0 amide bonds. The number of thiophene rings is 1. The van der Waals surface area contributed by atoms with Gasteiger partial charge in [-0.05, 0) is 37.9 Å². The fraction of sp³-hybridized carbons (Fsp3) is 0.412. The van der Waals surface area contributed by atoms with E-state index in [0.717, 1.165) is 23.6 Å². The van der Waals surface area contributed by atoms with Crippen molar-refractivity contribution in [2.24, 2.45) is 0 Å². The van der Waals surface area contributed by atoms with Crippen molar-refractivity contribution in [3.63, 3.8) is 0 Å². The first-order chi connectivity index (χ1) is 10.2. The zero-order valence-electron chi connectivity index (χ0n) is 13.1. The smallest absolute Gasteiger partial charge is 0.134 e. The summed E-state index contributed by atoms with van der Waals surface area (Å²) in [6.07, 6.45) is 0.152. The fourth-order valence-electron chi connectivity index (χ4n) is 2.32. The molecule has 1 aromatic carbocycles. The molecule has 21 heavy (non-hydrogen) atoms. The standard InChI is InChI=1S/C17H23NO2S/c1-5-18-16(17-15(19-4)10-11-21-17)13-8-6-7-9-14(13)20-12(2)3/h6-12,16,18H,5H2,1-4H3. The summed E-state index contributed by atoms with van der Waals surface area (Å²) in [6.45, 7) is 7.08. The third-order valence-electron chi connectivity index (χ3n) is 3.14. The Hall–Kier alpha value is -1.52. The number of hydrogen-bond acceptors (Lipinski definition) is 4. The van der Waals surface area contributed by atoms with Crippen LogP contribution in [0.2, 0.25) is 0 Å². The number of nitrogens with one attached hydrogen (secondary N) is 1. The summed E-state index contributed by atoms with van der Waals surface area (Å²) >= 11 is 1.70. The van der Waals surface area contributed by atoms with Gasteiger partial charge in [0.15, 0.2) is 0 Å². The van der Waals surface area contributed by atoms with Crippen LogP contribution in [0.15, 0.2) is 35.7 Å². The van der Waals surface area contributed by atoms with Gasteiger partial charge in [-0.15, -0.1) is 11.3 Å². The van der Waals surface area contributed by atoms with Crippen molar-refractivity contribution >= 4 is 11.3 Å². The van der Waals surface area contributed by atoms with E-state index in [1.54, 1.807) is 18.4 Å². The zero-order valence-corrected chi connectivity index (χ0v) is 13.9. The number of para-hydroxylation sites is 1. The van der Waals surface area contributed by atoms with Gasteiger partial charge >= 0.3 is 0 Å². The van der Waals surface area contributed by atoms with Crippen molar-refractivity contribution in [2.45, 2.75) is 32.9 Å². The third kappa shape index (κ3) is 3.77. The molecule has 1 unspecified atom stereocenters. The van der Waals surface area contributed by atoms with Gasteiger partial charge in [-0.3, -0.25) is 0 Å². The second-order valence-corrected chi connectivity index (χ2v) is 6.00. The monoisotopic (exact) mass is 305 g/mol. The van der Waals surface area contributed by atoms with Crippen molar-refractivity contribution in [2.75, 3.05) is 13.7 Å². The summed E-state index contributed by atoms with van der Waals surface area (Å²) in [6, 6.07) is 10.3. The van der Waals surface area contributed by atoms with Crippen LogP contribution < -0.4 is 14.8 Å². The number of ether oxygens (including phenoxy) is 2. The molecule has 0 aliphatic rings. The van der Waals surface area contributed by atoms with Gasteiger partial charge in [-0.25, -0.2) is 0 Å². The molecule has 0 saturated carbocycles. The normalized spacial score (nSPS) is 12.4. The Labute approximate surface area is 130 Å². The summed E-state index contributed by atoms with van der Waals surface area (Å²) in [5.41, 5.74) is 1.15. The maximum absolute atomic E-state index is 5.97. The van der Waals surface area contributed by atoms with Crippen molar-refractivity contribution in [1.29, 1.82) is 0 Å². The first kappa shape index (κ1) is 15.9. The van der Waals surface area contributed by atoms with E-state index in [1.165, 1.54) is 4.88 Å². The second kappa shape index (κ2) is 7.48.